The van der Waals surface area contributed by atoms with Gasteiger partial charge in [-0.2, -0.15) is 0 Å². The van der Waals surface area contributed by atoms with E-state index in [1.54, 1.807) is 0 Å². The quantitative estimate of drug-likeness (QED) is 0.873. The summed E-state index contributed by atoms with van der Waals surface area (Å²) in [5.41, 5.74) is 0.0869. The smallest absolute Gasteiger partial charge is 0.258 e. The summed E-state index contributed by atoms with van der Waals surface area (Å²) in [7, 11) is 0. The molecule has 1 N–H and O–H groups in total. The van der Waals surface area contributed by atoms with Crippen molar-refractivity contribution in [3.8, 4) is 5.75 Å². The number of phenols is 1. The van der Waals surface area contributed by atoms with Crippen LogP contribution in [0.5, 0.6) is 5.75 Å². The van der Waals surface area contributed by atoms with Gasteiger partial charge in [-0.25, -0.2) is 4.39 Å². The Morgan fingerprint density at radius 2 is 1.82 bits per heavy atom. The average molecular weight is 235 g/mol. The molecule has 1 amide bonds. The third kappa shape index (κ3) is 1.99. The van der Waals surface area contributed by atoms with Crippen LogP contribution in [0.1, 0.15) is 36.0 Å². The molecular formula is C13H14FNO2. The van der Waals surface area contributed by atoms with Crippen LogP contribution in [-0.2, 0) is 0 Å². The van der Waals surface area contributed by atoms with Crippen LogP contribution >= 0.6 is 0 Å². The lowest BCUT2D eigenvalue weighted by Crippen LogP contribution is -2.35. The number of amides is 1. The first-order chi connectivity index (χ1) is 8.16. The lowest BCUT2D eigenvalue weighted by molar-refractivity contribution is 0.0726. The minimum Gasteiger partial charge on any atom is -0.507 e. The van der Waals surface area contributed by atoms with E-state index in [0.717, 1.165) is 37.8 Å². The Balaban J connectivity index is 1.91. The van der Waals surface area contributed by atoms with Gasteiger partial charge in [0.25, 0.3) is 5.91 Å². The molecule has 1 aromatic carbocycles. The van der Waals surface area contributed by atoms with Crippen molar-refractivity contribution in [2.45, 2.75) is 37.8 Å². The van der Waals surface area contributed by atoms with Crippen molar-refractivity contribution in [3.05, 3.63) is 29.6 Å². The molecule has 2 aliphatic rings. The van der Waals surface area contributed by atoms with E-state index in [4.69, 9.17) is 0 Å². The first kappa shape index (κ1) is 10.6. The predicted octanol–water partition coefficient (Wildman–Crippen LogP) is 2.30. The van der Waals surface area contributed by atoms with Crippen molar-refractivity contribution in [1.82, 2.24) is 4.90 Å². The zero-order valence-corrected chi connectivity index (χ0v) is 9.40. The maximum atomic E-state index is 13.1. The molecule has 1 aromatic rings. The molecule has 0 heterocycles. The van der Waals surface area contributed by atoms with E-state index in [-0.39, 0.29) is 17.2 Å². The number of rotatable bonds is 3. The molecule has 0 radical (unpaired) electrons. The molecular weight excluding hydrogens is 221 g/mol. The van der Waals surface area contributed by atoms with Gasteiger partial charge in [0, 0.05) is 12.1 Å². The van der Waals surface area contributed by atoms with Crippen LogP contribution in [0.15, 0.2) is 18.2 Å². The van der Waals surface area contributed by atoms with Crippen molar-refractivity contribution in [2.75, 3.05) is 0 Å². The van der Waals surface area contributed by atoms with Crippen LogP contribution in [0.3, 0.4) is 0 Å². The Labute approximate surface area is 98.9 Å². The van der Waals surface area contributed by atoms with E-state index in [0.29, 0.717) is 12.1 Å². The molecule has 0 aliphatic heterocycles. The molecule has 0 bridgehead atoms. The maximum Gasteiger partial charge on any atom is 0.258 e. The predicted molar refractivity (Wildman–Crippen MR) is 60.3 cm³/mol. The molecule has 17 heavy (non-hydrogen) atoms. The summed E-state index contributed by atoms with van der Waals surface area (Å²) in [5, 5.41) is 9.64. The lowest BCUT2D eigenvalue weighted by atomic mass is 10.1. The van der Waals surface area contributed by atoms with Crippen LogP contribution in [-0.4, -0.2) is 28.0 Å². The summed E-state index contributed by atoms with van der Waals surface area (Å²) in [6.45, 7) is 0. The Kier molecular flexibility index (Phi) is 2.31. The van der Waals surface area contributed by atoms with Gasteiger partial charge in [0.1, 0.15) is 11.6 Å². The van der Waals surface area contributed by atoms with E-state index in [1.807, 2.05) is 4.90 Å². The number of aromatic hydroxyl groups is 1. The van der Waals surface area contributed by atoms with Gasteiger partial charge in [0.15, 0.2) is 0 Å². The molecule has 3 rings (SSSR count). The molecule has 2 saturated carbocycles. The highest BCUT2D eigenvalue weighted by Crippen LogP contribution is 2.39. The highest BCUT2D eigenvalue weighted by Gasteiger charge is 2.42. The van der Waals surface area contributed by atoms with Gasteiger partial charge in [-0.3, -0.25) is 4.79 Å². The highest BCUT2D eigenvalue weighted by molar-refractivity contribution is 5.97. The van der Waals surface area contributed by atoms with Gasteiger partial charge in [0.2, 0.25) is 0 Å². The zero-order valence-electron chi connectivity index (χ0n) is 9.40. The molecule has 2 fully saturated rings. The topological polar surface area (TPSA) is 40.5 Å². The van der Waals surface area contributed by atoms with Crippen LogP contribution in [0.2, 0.25) is 0 Å². The molecule has 2 aliphatic carbocycles. The number of nitrogens with zero attached hydrogens (tertiary/aromatic N) is 1. The summed E-state index contributed by atoms with van der Waals surface area (Å²) >= 11 is 0. The number of hydrogen-bond donors (Lipinski definition) is 1. The van der Waals surface area contributed by atoms with Crippen molar-refractivity contribution in [3.63, 3.8) is 0 Å². The second kappa shape index (κ2) is 3.72. The summed E-state index contributed by atoms with van der Waals surface area (Å²) in [5.74, 6) is -0.854. The van der Waals surface area contributed by atoms with Crippen LogP contribution in [0, 0.1) is 5.82 Å². The van der Waals surface area contributed by atoms with Gasteiger partial charge < -0.3 is 10.0 Å². The Morgan fingerprint density at radius 1 is 1.24 bits per heavy atom. The first-order valence-electron chi connectivity index (χ1n) is 5.98. The number of phenolic OH excluding ortho intramolecular Hbond substituents is 1. The van der Waals surface area contributed by atoms with Crippen molar-refractivity contribution in [2.24, 2.45) is 0 Å². The van der Waals surface area contributed by atoms with Crippen LogP contribution in [0.25, 0.3) is 0 Å². The van der Waals surface area contributed by atoms with Gasteiger partial charge >= 0.3 is 0 Å². The van der Waals surface area contributed by atoms with Gasteiger partial charge in [-0.05, 0) is 43.9 Å². The summed E-state index contributed by atoms with van der Waals surface area (Å²) in [4.78, 5) is 14.1. The van der Waals surface area contributed by atoms with Gasteiger partial charge in [-0.1, -0.05) is 0 Å². The van der Waals surface area contributed by atoms with E-state index in [9.17, 15) is 14.3 Å². The average Bonchev–Trinajstić information content (AvgIpc) is 3.13. The fraction of sp³-hybridized carbons (Fsp3) is 0.462. The molecule has 3 nitrogen and oxygen atoms in total. The van der Waals surface area contributed by atoms with Crippen molar-refractivity contribution >= 4 is 5.91 Å². The van der Waals surface area contributed by atoms with Gasteiger partial charge in [-0.15, -0.1) is 0 Å². The standard InChI is InChI=1S/C13H14FNO2/c14-8-1-6-12(16)11(7-8)13(17)15(9-2-3-9)10-4-5-10/h1,6-7,9-10,16H,2-5H2. The molecule has 4 heteroatoms. The summed E-state index contributed by atoms with van der Waals surface area (Å²) in [6, 6.07) is 4.12. The largest absolute Gasteiger partial charge is 0.507 e. The van der Waals surface area contributed by atoms with Crippen molar-refractivity contribution in [1.29, 1.82) is 0 Å². The molecule has 90 valence electrons. The molecule has 0 saturated heterocycles. The van der Waals surface area contributed by atoms with Crippen molar-refractivity contribution < 1.29 is 14.3 Å². The maximum absolute atomic E-state index is 13.1. The lowest BCUT2D eigenvalue weighted by Gasteiger charge is -2.22. The van der Waals surface area contributed by atoms with E-state index >= 15 is 0 Å². The fourth-order valence-corrected chi connectivity index (χ4v) is 2.15. The first-order valence-corrected chi connectivity index (χ1v) is 5.98. The monoisotopic (exact) mass is 235 g/mol. The number of benzene rings is 1. The molecule has 0 atom stereocenters. The Hall–Kier alpha value is -1.58. The van der Waals surface area contributed by atoms with E-state index < -0.39 is 5.82 Å². The Morgan fingerprint density at radius 3 is 2.35 bits per heavy atom. The zero-order chi connectivity index (χ0) is 12.0. The second-order valence-electron chi connectivity index (χ2n) is 4.84. The Bertz CT molecular complexity index is 454. The summed E-state index contributed by atoms with van der Waals surface area (Å²) < 4.78 is 13.1. The third-order valence-electron chi connectivity index (χ3n) is 3.30. The fourth-order valence-electron chi connectivity index (χ4n) is 2.15. The normalized spacial score (nSPS) is 19.1. The number of carbonyl (C=O) groups is 1. The van der Waals surface area contributed by atoms with Crippen LogP contribution in [0.4, 0.5) is 4.39 Å². The molecule has 0 unspecified atom stereocenters. The highest BCUT2D eigenvalue weighted by atomic mass is 19.1. The number of hydrogen-bond acceptors (Lipinski definition) is 2. The van der Waals surface area contributed by atoms with E-state index in [1.165, 1.54) is 6.07 Å². The minimum atomic E-state index is -0.488. The minimum absolute atomic E-state index is 0.0869. The van der Waals surface area contributed by atoms with E-state index in [2.05, 4.69) is 0 Å². The van der Waals surface area contributed by atoms with Crippen LogP contribution < -0.4 is 0 Å². The molecule has 0 spiro atoms. The number of halogens is 1. The SMILES string of the molecule is O=C(c1cc(F)ccc1O)N(C1CC1)C1CC1. The van der Waals surface area contributed by atoms with Gasteiger partial charge in [0.05, 0.1) is 5.56 Å². The summed E-state index contributed by atoms with van der Waals surface area (Å²) in [6.07, 6.45) is 4.10. The third-order valence-corrected chi connectivity index (χ3v) is 3.30. The number of carbonyl (C=O) groups excluding carboxylic acids is 1. The molecule has 0 aromatic heterocycles. The second-order valence-corrected chi connectivity index (χ2v) is 4.84.